The minimum Gasteiger partial charge on any atom is -0.358 e. The van der Waals surface area contributed by atoms with Crippen LogP contribution in [0.3, 0.4) is 0 Å². The summed E-state index contributed by atoms with van der Waals surface area (Å²) in [6, 6.07) is 0.869. The summed E-state index contributed by atoms with van der Waals surface area (Å²) >= 11 is 0. The topological polar surface area (TPSA) is 101 Å². The minimum atomic E-state index is -0.914. The number of nitrogens with one attached hydrogen (secondary N) is 2. The SMILES string of the molecule is CC(NC(=O)c1c[nH]c2c(F)cc(F)cc2c1=O)c1nc(C(C)(C)C)no1. The molecule has 7 nitrogen and oxygen atoms in total. The van der Waals surface area contributed by atoms with Crippen molar-refractivity contribution in [2.45, 2.75) is 39.2 Å². The van der Waals surface area contributed by atoms with Gasteiger partial charge in [-0.25, -0.2) is 8.78 Å². The molecule has 1 aromatic carbocycles. The van der Waals surface area contributed by atoms with Gasteiger partial charge >= 0.3 is 0 Å². The summed E-state index contributed by atoms with van der Waals surface area (Å²) < 4.78 is 32.3. The first-order valence-corrected chi connectivity index (χ1v) is 8.23. The monoisotopic (exact) mass is 376 g/mol. The van der Waals surface area contributed by atoms with Gasteiger partial charge < -0.3 is 14.8 Å². The molecule has 1 amide bonds. The number of carbonyl (C=O) groups is 1. The maximum absolute atomic E-state index is 13.8. The van der Waals surface area contributed by atoms with E-state index in [1.807, 2.05) is 20.8 Å². The minimum absolute atomic E-state index is 0.169. The molecule has 0 bridgehead atoms. The second kappa shape index (κ2) is 6.57. The summed E-state index contributed by atoms with van der Waals surface area (Å²) in [5.74, 6) is -1.89. The molecule has 0 aliphatic rings. The fourth-order valence-electron chi connectivity index (χ4n) is 2.47. The van der Waals surface area contributed by atoms with Crippen molar-refractivity contribution in [3.8, 4) is 0 Å². The van der Waals surface area contributed by atoms with Crippen molar-refractivity contribution in [2.24, 2.45) is 0 Å². The molecule has 2 heterocycles. The number of amides is 1. The Kier molecular flexibility index (Phi) is 4.54. The third-order valence-corrected chi connectivity index (χ3v) is 3.98. The highest BCUT2D eigenvalue weighted by molar-refractivity contribution is 5.97. The Hall–Kier alpha value is -3.10. The lowest BCUT2D eigenvalue weighted by molar-refractivity contribution is 0.0931. The van der Waals surface area contributed by atoms with E-state index in [9.17, 15) is 18.4 Å². The fourth-order valence-corrected chi connectivity index (χ4v) is 2.47. The maximum Gasteiger partial charge on any atom is 0.257 e. The van der Waals surface area contributed by atoms with E-state index in [-0.39, 0.29) is 27.8 Å². The van der Waals surface area contributed by atoms with Gasteiger partial charge in [0.05, 0.1) is 10.9 Å². The van der Waals surface area contributed by atoms with Crippen LogP contribution in [0.5, 0.6) is 0 Å². The standard InChI is InChI=1S/C18H18F2N4O3/c1-8(16-23-17(24-27-16)18(2,3)4)22-15(26)11-7-21-13-10(14(11)25)5-9(19)6-12(13)20/h5-8H,1-4H3,(H,21,25)(H,22,26). The van der Waals surface area contributed by atoms with Crippen LogP contribution < -0.4 is 10.7 Å². The lowest BCUT2D eigenvalue weighted by Gasteiger charge is -2.12. The van der Waals surface area contributed by atoms with Gasteiger partial charge in [0.15, 0.2) is 5.82 Å². The highest BCUT2D eigenvalue weighted by Crippen LogP contribution is 2.21. The molecule has 0 spiro atoms. The highest BCUT2D eigenvalue weighted by Gasteiger charge is 2.25. The first-order valence-electron chi connectivity index (χ1n) is 8.23. The molecular formula is C18H18F2N4O3. The van der Waals surface area contributed by atoms with Gasteiger partial charge in [-0.3, -0.25) is 9.59 Å². The van der Waals surface area contributed by atoms with Gasteiger partial charge in [-0.15, -0.1) is 0 Å². The molecule has 2 N–H and O–H groups in total. The molecule has 142 valence electrons. The number of benzene rings is 1. The average Bonchev–Trinajstić information content (AvgIpc) is 3.06. The van der Waals surface area contributed by atoms with Crippen LogP contribution in [-0.2, 0) is 5.41 Å². The highest BCUT2D eigenvalue weighted by atomic mass is 19.1. The Bertz CT molecular complexity index is 1080. The van der Waals surface area contributed by atoms with E-state index in [1.54, 1.807) is 6.92 Å². The number of rotatable bonds is 3. The van der Waals surface area contributed by atoms with Gasteiger partial charge in [0.2, 0.25) is 11.3 Å². The van der Waals surface area contributed by atoms with Gasteiger partial charge in [0, 0.05) is 17.7 Å². The van der Waals surface area contributed by atoms with Crippen molar-refractivity contribution < 1.29 is 18.1 Å². The average molecular weight is 376 g/mol. The zero-order chi connectivity index (χ0) is 19.9. The van der Waals surface area contributed by atoms with Gasteiger partial charge in [0.1, 0.15) is 23.2 Å². The number of nitrogens with zero attached hydrogens (tertiary/aromatic N) is 2. The molecule has 0 saturated carbocycles. The van der Waals surface area contributed by atoms with Gasteiger partial charge in [-0.1, -0.05) is 25.9 Å². The summed E-state index contributed by atoms with van der Waals surface area (Å²) in [6.07, 6.45) is 1.09. The number of aromatic nitrogens is 3. The summed E-state index contributed by atoms with van der Waals surface area (Å²) in [4.78, 5) is 31.7. The van der Waals surface area contributed by atoms with E-state index in [1.165, 1.54) is 0 Å². The third kappa shape index (κ3) is 3.57. The van der Waals surface area contributed by atoms with E-state index < -0.39 is 29.0 Å². The summed E-state index contributed by atoms with van der Waals surface area (Å²) in [6.45, 7) is 7.36. The summed E-state index contributed by atoms with van der Waals surface area (Å²) in [5, 5.41) is 6.20. The van der Waals surface area contributed by atoms with Crippen molar-refractivity contribution in [3.63, 3.8) is 0 Å². The van der Waals surface area contributed by atoms with Gasteiger partial charge in [-0.2, -0.15) is 4.98 Å². The molecule has 0 radical (unpaired) electrons. The van der Waals surface area contributed by atoms with Crippen molar-refractivity contribution in [1.29, 1.82) is 0 Å². The van der Waals surface area contributed by atoms with Crippen molar-refractivity contribution >= 4 is 16.8 Å². The number of fused-ring (bicyclic) bond motifs is 1. The first-order chi connectivity index (χ1) is 12.6. The predicted molar refractivity (Wildman–Crippen MR) is 93.4 cm³/mol. The first kappa shape index (κ1) is 18.7. The fraction of sp³-hybridized carbons (Fsp3) is 0.333. The number of pyridine rings is 1. The molecular weight excluding hydrogens is 358 g/mol. The van der Waals surface area contributed by atoms with E-state index in [2.05, 4.69) is 20.4 Å². The molecule has 2 aromatic heterocycles. The third-order valence-electron chi connectivity index (χ3n) is 3.98. The number of H-pyrrole nitrogens is 1. The van der Waals surface area contributed by atoms with E-state index >= 15 is 0 Å². The van der Waals surface area contributed by atoms with Crippen LogP contribution in [0.2, 0.25) is 0 Å². The second-order valence-electron chi connectivity index (χ2n) is 7.24. The normalized spacial score (nSPS) is 13.0. The number of hydrogen-bond donors (Lipinski definition) is 2. The van der Waals surface area contributed by atoms with Crippen LogP contribution in [0.4, 0.5) is 8.78 Å². The molecule has 0 fully saturated rings. The summed E-state index contributed by atoms with van der Waals surface area (Å²) in [5.41, 5.74) is -1.56. The summed E-state index contributed by atoms with van der Waals surface area (Å²) in [7, 11) is 0. The largest absolute Gasteiger partial charge is 0.358 e. The molecule has 0 saturated heterocycles. The van der Waals surface area contributed by atoms with Crippen LogP contribution in [0.15, 0.2) is 27.6 Å². The Labute approximate surface area is 152 Å². The molecule has 0 aliphatic heterocycles. The molecule has 9 heteroatoms. The van der Waals surface area contributed by atoms with E-state index in [4.69, 9.17) is 4.52 Å². The zero-order valence-electron chi connectivity index (χ0n) is 15.2. The van der Waals surface area contributed by atoms with Crippen LogP contribution in [-0.4, -0.2) is 21.0 Å². The van der Waals surface area contributed by atoms with E-state index in [0.29, 0.717) is 11.9 Å². The lowest BCUT2D eigenvalue weighted by Crippen LogP contribution is -2.31. The van der Waals surface area contributed by atoms with Crippen molar-refractivity contribution in [2.75, 3.05) is 0 Å². The Balaban J connectivity index is 1.89. The van der Waals surface area contributed by atoms with Crippen LogP contribution >= 0.6 is 0 Å². The van der Waals surface area contributed by atoms with E-state index in [0.717, 1.165) is 12.3 Å². The van der Waals surface area contributed by atoms with Gasteiger partial charge in [0.25, 0.3) is 5.91 Å². The number of halogens is 2. The zero-order valence-corrected chi connectivity index (χ0v) is 15.2. The second-order valence-corrected chi connectivity index (χ2v) is 7.24. The van der Waals surface area contributed by atoms with Gasteiger partial charge in [-0.05, 0) is 13.0 Å². The molecule has 3 aromatic rings. The lowest BCUT2D eigenvalue weighted by atomic mass is 9.96. The predicted octanol–water partition coefficient (Wildman–Crippen LogP) is 2.98. The van der Waals surface area contributed by atoms with Crippen LogP contribution in [0.1, 0.15) is 55.8 Å². The maximum atomic E-state index is 13.8. The molecule has 3 rings (SSSR count). The number of aromatic amines is 1. The molecule has 1 unspecified atom stereocenters. The number of hydrogen-bond acceptors (Lipinski definition) is 5. The van der Waals surface area contributed by atoms with Crippen molar-refractivity contribution in [3.05, 3.63) is 57.5 Å². The Morgan fingerprint density at radius 1 is 1.30 bits per heavy atom. The smallest absolute Gasteiger partial charge is 0.257 e. The molecule has 0 aliphatic carbocycles. The quantitative estimate of drug-likeness (QED) is 0.732. The molecule has 27 heavy (non-hydrogen) atoms. The van der Waals surface area contributed by atoms with Crippen LogP contribution in [0, 0.1) is 11.6 Å². The Morgan fingerprint density at radius 2 is 2.00 bits per heavy atom. The van der Waals surface area contributed by atoms with Crippen molar-refractivity contribution in [1.82, 2.24) is 20.4 Å². The Morgan fingerprint density at radius 3 is 2.63 bits per heavy atom. The van der Waals surface area contributed by atoms with Crippen LogP contribution in [0.25, 0.3) is 10.9 Å². The molecule has 1 atom stereocenters. The number of carbonyl (C=O) groups excluding carboxylic acids is 1.